The molecule has 0 radical (unpaired) electrons. The fraction of sp³-hybridized carbons (Fsp3) is 0.267. The largest absolute Gasteiger partial charge is 0.493 e. The highest BCUT2D eigenvalue weighted by atomic mass is 16.5. The molecule has 0 fully saturated rings. The van der Waals surface area contributed by atoms with Crippen molar-refractivity contribution in [3.8, 4) is 23.1 Å². The topological polar surface area (TPSA) is 67.9 Å². The average Bonchev–Trinajstić information content (AvgIpc) is 2.49. The fourth-order valence-electron chi connectivity index (χ4n) is 2.34. The Morgan fingerprint density at radius 3 is 3.05 bits per heavy atom. The third kappa shape index (κ3) is 2.05. The van der Waals surface area contributed by atoms with Crippen molar-refractivity contribution >= 4 is 0 Å². The van der Waals surface area contributed by atoms with Gasteiger partial charge in [0.2, 0.25) is 0 Å². The Labute approximate surface area is 116 Å². The number of benzene rings is 1. The van der Waals surface area contributed by atoms with E-state index in [1.165, 1.54) is 10.7 Å². The van der Waals surface area contributed by atoms with E-state index in [9.17, 15) is 10.1 Å². The first kappa shape index (κ1) is 12.4. The highest BCUT2D eigenvalue weighted by Gasteiger charge is 2.14. The predicted molar refractivity (Wildman–Crippen MR) is 73.4 cm³/mol. The molecule has 0 spiro atoms. The molecule has 3 rings (SSSR count). The van der Waals surface area contributed by atoms with Gasteiger partial charge in [-0.05, 0) is 36.6 Å². The van der Waals surface area contributed by atoms with Crippen molar-refractivity contribution in [3.05, 3.63) is 45.7 Å². The Kier molecular flexibility index (Phi) is 2.99. The van der Waals surface area contributed by atoms with Crippen LogP contribution >= 0.6 is 0 Å². The molecule has 0 atom stereocenters. The van der Waals surface area contributed by atoms with Gasteiger partial charge in [0.15, 0.2) is 0 Å². The van der Waals surface area contributed by atoms with E-state index < -0.39 is 0 Å². The van der Waals surface area contributed by atoms with Gasteiger partial charge in [0.1, 0.15) is 17.5 Å². The molecule has 5 nitrogen and oxygen atoms in total. The first-order chi connectivity index (χ1) is 9.69. The van der Waals surface area contributed by atoms with E-state index in [1.54, 1.807) is 7.05 Å². The molecule has 20 heavy (non-hydrogen) atoms. The van der Waals surface area contributed by atoms with E-state index in [-0.39, 0.29) is 5.56 Å². The molecule has 0 amide bonds. The summed E-state index contributed by atoms with van der Waals surface area (Å²) in [5.74, 6) is 0.892. The fourth-order valence-corrected chi connectivity index (χ4v) is 2.34. The quantitative estimate of drug-likeness (QED) is 0.787. The number of hydrogen-bond acceptors (Lipinski definition) is 4. The molecule has 0 saturated heterocycles. The second kappa shape index (κ2) is 4.82. The highest BCUT2D eigenvalue weighted by molar-refractivity contribution is 5.67. The molecule has 2 heterocycles. The van der Waals surface area contributed by atoms with Gasteiger partial charge in [-0.2, -0.15) is 10.4 Å². The van der Waals surface area contributed by atoms with Crippen LogP contribution in [-0.2, 0) is 13.5 Å². The van der Waals surface area contributed by atoms with Crippen LogP contribution in [0.25, 0.3) is 11.3 Å². The average molecular weight is 267 g/mol. The SMILES string of the molecule is Cn1nc(-c2ccc3c(c2)CCCO3)c(C#N)cc1=O. The molecule has 5 heteroatoms. The van der Waals surface area contributed by atoms with Crippen molar-refractivity contribution in [1.82, 2.24) is 9.78 Å². The van der Waals surface area contributed by atoms with Gasteiger partial charge >= 0.3 is 0 Å². The minimum absolute atomic E-state index is 0.286. The zero-order valence-electron chi connectivity index (χ0n) is 11.1. The lowest BCUT2D eigenvalue weighted by molar-refractivity contribution is 0.288. The second-order valence-corrected chi connectivity index (χ2v) is 4.75. The molecule has 0 N–H and O–H groups in total. The lowest BCUT2D eigenvalue weighted by atomic mass is 10.00. The molecule has 1 aromatic heterocycles. The zero-order valence-corrected chi connectivity index (χ0v) is 11.1. The van der Waals surface area contributed by atoms with Gasteiger partial charge in [0, 0.05) is 18.7 Å². The van der Waals surface area contributed by atoms with E-state index in [4.69, 9.17) is 4.74 Å². The van der Waals surface area contributed by atoms with Crippen LogP contribution in [0.4, 0.5) is 0 Å². The molecule has 0 bridgehead atoms. The summed E-state index contributed by atoms with van der Waals surface area (Å²) < 4.78 is 6.82. The summed E-state index contributed by atoms with van der Waals surface area (Å²) in [7, 11) is 1.58. The highest BCUT2D eigenvalue weighted by Crippen LogP contribution is 2.30. The van der Waals surface area contributed by atoms with Crippen molar-refractivity contribution < 1.29 is 4.74 Å². The number of aryl methyl sites for hydroxylation is 2. The summed E-state index contributed by atoms with van der Waals surface area (Å²) in [6.07, 6.45) is 1.94. The molecule has 1 aliphatic heterocycles. The predicted octanol–water partition coefficient (Wildman–Crippen LogP) is 1.64. The maximum Gasteiger partial charge on any atom is 0.267 e. The van der Waals surface area contributed by atoms with Crippen LogP contribution in [-0.4, -0.2) is 16.4 Å². The van der Waals surface area contributed by atoms with Gasteiger partial charge in [-0.15, -0.1) is 0 Å². The number of fused-ring (bicyclic) bond motifs is 1. The Hall–Kier alpha value is -2.61. The first-order valence-corrected chi connectivity index (χ1v) is 6.43. The van der Waals surface area contributed by atoms with Crippen molar-refractivity contribution in [2.75, 3.05) is 6.61 Å². The van der Waals surface area contributed by atoms with Gasteiger partial charge in [-0.25, -0.2) is 4.68 Å². The summed E-state index contributed by atoms with van der Waals surface area (Å²) in [6, 6.07) is 9.11. The van der Waals surface area contributed by atoms with Crippen LogP contribution in [0.3, 0.4) is 0 Å². The van der Waals surface area contributed by atoms with Crippen molar-refractivity contribution in [1.29, 1.82) is 5.26 Å². The third-order valence-corrected chi connectivity index (χ3v) is 3.39. The molecule has 100 valence electrons. The minimum atomic E-state index is -0.286. The Balaban J connectivity index is 2.16. The van der Waals surface area contributed by atoms with Crippen LogP contribution in [0.2, 0.25) is 0 Å². The molecule has 1 aliphatic rings. The molecule has 0 saturated carbocycles. The van der Waals surface area contributed by atoms with Crippen LogP contribution in [0, 0.1) is 11.3 Å². The summed E-state index contributed by atoms with van der Waals surface area (Å²) in [5, 5.41) is 13.4. The standard InChI is InChI=1S/C15H13N3O2/c1-18-14(19)8-12(9-16)15(17-18)11-4-5-13-10(7-11)3-2-6-20-13/h4-5,7-8H,2-3,6H2,1H3. The summed E-state index contributed by atoms with van der Waals surface area (Å²) in [4.78, 5) is 11.5. The number of aromatic nitrogens is 2. The van der Waals surface area contributed by atoms with Gasteiger partial charge in [-0.3, -0.25) is 4.79 Å². The number of ether oxygens (including phenoxy) is 1. The summed E-state index contributed by atoms with van der Waals surface area (Å²) in [6.45, 7) is 0.744. The number of nitrogens with zero attached hydrogens (tertiary/aromatic N) is 3. The molecular weight excluding hydrogens is 254 g/mol. The van der Waals surface area contributed by atoms with Gasteiger partial charge in [-0.1, -0.05) is 0 Å². The van der Waals surface area contributed by atoms with Gasteiger partial charge in [0.05, 0.1) is 12.2 Å². The smallest absolute Gasteiger partial charge is 0.267 e. The summed E-state index contributed by atoms with van der Waals surface area (Å²) >= 11 is 0. The van der Waals surface area contributed by atoms with Gasteiger partial charge in [0.25, 0.3) is 5.56 Å². The van der Waals surface area contributed by atoms with Crippen molar-refractivity contribution in [2.24, 2.45) is 7.05 Å². The second-order valence-electron chi connectivity index (χ2n) is 4.75. The Bertz CT molecular complexity index is 772. The van der Waals surface area contributed by atoms with E-state index in [1.807, 2.05) is 24.3 Å². The third-order valence-electron chi connectivity index (χ3n) is 3.39. The maximum absolute atomic E-state index is 11.5. The van der Waals surface area contributed by atoms with E-state index in [0.717, 1.165) is 36.3 Å². The minimum Gasteiger partial charge on any atom is -0.493 e. The van der Waals surface area contributed by atoms with E-state index in [0.29, 0.717) is 11.3 Å². The maximum atomic E-state index is 11.5. The summed E-state index contributed by atoms with van der Waals surface area (Å²) in [5.41, 5.74) is 2.49. The van der Waals surface area contributed by atoms with Crippen LogP contribution in [0.5, 0.6) is 5.75 Å². The molecule has 0 unspecified atom stereocenters. The monoisotopic (exact) mass is 267 g/mol. The van der Waals surface area contributed by atoms with Crippen molar-refractivity contribution in [2.45, 2.75) is 12.8 Å². The molecule has 0 aliphatic carbocycles. The Morgan fingerprint density at radius 2 is 2.25 bits per heavy atom. The lowest BCUT2D eigenvalue weighted by Crippen LogP contribution is -2.20. The number of hydrogen-bond donors (Lipinski definition) is 0. The number of nitriles is 1. The number of rotatable bonds is 1. The molecule has 1 aromatic carbocycles. The van der Waals surface area contributed by atoms with Crippen molar-refractivity contribution in [3.63, 3.8) is 0 Å². The Morgan fingerprint density at radius 1 is 1.40 bits per heavy atom. The zero-order chi connectivity index (χ0) is 14.1. The van der Waals surface area contributed by atoms with E-state index in [2.05, 4.69) is 5.10 Å². The van der Waals surface area contributed by atoms with Crippen LogP contribution in [0.1, 0.15) is 17.5 Å². The first-order valence-electron chi connectivity index (χ1n) is 6.43. The molecule has 2 aromatic rings. The molecular formula is C15H13N3O2. The van der Waals surface area contributed by atoms with Crippen LogP contribution in [0.15, 0.2) is 29.1 Å². The van der Waals surface area contributed by atoms with E-state index >= 15 is 0 Å². The lowest BCUT2D eigenvalue weighted by Gasteiger charge is -2.18. The normalized spacial score (nSPS) is 13.2. The van der Waals surface area contributed by atoms with Crippen LogP contribution < -0.4 is 10.3 Å². The van der Waals surface area contributed by atoms with Gasteiger partial charge < -0.3 is 4.74 Å².